The van der Waals surface area contributed by atoms with Crippen LogP contribution in [0.25, 0.3) is 0 Å². The third-order valence-corrected chi connectivity index (χ3v) is 4.69. The number of benzene rings is 1. The van der Waals surface area contributed by atoms with Crippen LogP contribution in [-0.4, -0.2) is 44.1 Å². The number of likely N-dealkylation sites (N-methyl/N-ethyl adjacent to an activating group) is 1. The number of hydrogen-bond acceptors (Lipinski definition) is 3. The van der Waals surface area contributed by atoms with Gasteiger partial charge in [0.2, 0.25) is 5.91 Å². The predicted octanol–water partition coefficient (Wildman–Crippen LogP) is 3.49. The number of nitrogens with zero attached hydrogens (tertiary/aromatic N) is 1. The molecule has 2 rings (SSSR count). The van der Waals surface area contributed by atoms with Gasteiger partial charge in [-0.3, -0.25) is 4.79 Å². The Morgan fingerprint density at radius 3 is 2.61 bits per heavy atom. The van der Waals surface area contributed by atoms with Crippen molar-refractivity contribution >= 4 is 34.2 Å². The van der Waals surface area contributed by atoms with Crippen molar-refractivity contribution in [3.8, 4) is 5.75 Å². The zero-order valence-corrected chi connectivity index (χ0v) is 16.0. The second-order valence-corrected chi connectivity index (χ2v) is 6.77. The average Bonchev–Trinajstić information content (AvgIpc) is 2.55. The number of piperidine rings is 1. The predicted molar refractivity (Wildman–Crippen MR) is 99.3 cm³/mol. The van der Waals surface area contributed by atoms with Crippen LogP contribution in [-0.2, 0) is 4.79 Å². The van der Waals surface area contributed by atoms with Gasteiger partial charge in [-0.05, 0) is 62.5 Å². The normalized spacial score (nSPS) is 14.9. The Balaban J connectivity index is 0.00000264. The quantitative estimate of drug-likeness (QED) is 0.755. The van der Waals surface area contributed by atoms with Gasteiger partial charge in [0.15, 0.2) is 0 Å². The van der Waals surface area contributed by atoms with Gasteiger partial charge in [-0.1, -0.05) is 15.9 Å². The summed E-state index contributed by atoms with van der Waals surface area (Å²) in [6.45, 7) is 3.34. The lowest BCUT2D eigenvalue weighted by atomic mass is 9.93. The van der Waals surface area contributed by atoms with Crippen molar-refractivity contribution in [2.24, 2.45) is 5.92 Å². The smallest absolute Gasteiger partial charge is 0.222 e. The highest BCUT2D eigenvalue weighted by Crippen LogP contribution is 2.18. The third-order valence-electron chi connectivity index (χ3n) is 4.16. The van der Waals surface area contributed by atoms with Gasteiger partial charge in [-0.25, -0.2) is 0 Å². The van der Waals surface area contributed by atoms with Crippen molar-refractivity contribution in [2.75, 3.05) is 33.3 Å². The maximum absolute atomic E-state index is 12.1. The summed E-state index contributed by atoms with van der Waals surface area (Å²) in [4.78, 5) is 13.9. The summed E-state index contributed by atoms with van der Waals surface area (Å²) in [6, 6.07) is 7.73. The van der Waals surface area contributed by atoms with E-state index in [-0.39, 0.29) is 18.3 Å². The fraction of sp³-hybridized carbons (Fsp3) is 0.588. The number of ether oxygens (including phenoxy) is 1. The van der Waals surface area contributed by atoms with E-state index in [1.54, 1.807) is 4.90 Å². The van der Waals surface area contributed by atoms with Gasteiger partial charge in [0.25, 0.3) is 0 Å². The van der Waals surface area contributed by atoms with Gasteiger partial charge >= 0.3 is 0 Å². The van der Waals surface area contributed by atoms with E-state index >= 15 is 0 Å². The van der Waals surface area contributed by atoms with Crippen LogP contribution in [0.1, 0.15) is 25.7 Å². The molecule has 1 aromatic carbocycles. The van der Waals surface area contributed by atoms with Gasteiger partial charge in [-0.15, -0.1) is 12.4 Å². The zero-order chi connectivity index (χ0) is 15.8. The zero-order valence-electron chi connectivity index (χ0n) is 13.6. The van der Waals surface area contributed by atoms with Crippen LogP contribution in [0.5, 0.6) is 5.75 Å². The second kappa shape index (κ2) is 10.9. The molecule has 1 aromatic rings. The maximum Gasteiger partial charge on any atom is 0.222 e. The van der Waals surface area contributed by atoms with E-state index in [1.165, 1.54) is 12.8 Å². The maximum atomic E-state index is 12.1. The molecular formula is C17H26BrClN2O2. The van der Waals surface area contributed by atoms with E-state index in [0.717, 1.165) is 29.7 Å². The highest BCUT2D eigenvalue weighted by molar-refractivity contribution is 9.10. The molecule has 1 N–H and O–H groups in total. The van der Waals surface area contributed by atoms with Gasteiger partial charge in [0, 0.05) is 17.9 Å². The molecular weight excluding hydrogens is 380 g/mol. The lowest BCUT2D eigenvalue weighted by molar-refractivity contribution is -0.130. The summed E-state index contributed by atoms with van der Waals surface area (Å²) in [5, 5.41) is 3.36. The van der Waals surface area contributed by atoms with Crippen molar-refractivity contribution in [2.45, 2.75) is 25.7 Å². The number of amides is 1. The summed E-state index contributed by atoms with van der Waals surface area (Å²) in [5.74, 6) is 1.76. The van der Waals surface area contributed by atoms with Crippen LogP contribution < -0.4 is 10.1 Å². The lowest BCUT2D eigenvalue weighted by Crippen LogP contribution is -2.32. The van der Waals surface area contributed by atoms with Crippen molar-refractivity contribution in [1.29, 1.82) is 0 Å². The van der Waals surface area contributed by atoms with Gasteiger partial charge in [0.1, 0.15) is 12.4 Å². The van der Waals surface area contributed by atoms with Gasteiger partial charge < -0.3 is 15.0 Å². The Labute approximate surface area is 153 Å². The highest BCUT2D eigenvalue weighted by atomic mass is 79.9. The first-order valence-corrected chi connectivity index (χ1v) is 8.77. The van der Waals surface area contributed by atoms with Crippen molar-refractivity contribution in [3.63, 3.8) is 0 Å². The molecule has 0 spiro atoms. The molecule has 23 heavy (non-hydrogen) atoms. The topological polar surface area (TPSA) is 41.6 Å². The SMILES string of the molecule is CN(CCOc1ccc(Br)cc1)C(=O)CCC1CCNCC1.Cl. The summed E-state index contributed by atoms with van der Waals surface area (Å²) in [7, 11) is 1.86. The van der Waals surface area contributed by atoms with Crippen LogP contribution in [0.15, 0.2) is 28.7 Å². The highest BCUT2D eigenvalue weighted by Gasteiger charge is 2.16. The molecule has 4 nitrogen and oxygen atoms in total. The molecule has 1 saturated heterocycles. The second-order valence-electron chi connectivity index (χ2n) is 5.85. The number of rotatable bonds is 7. The Morgan fingerprint density at radius 1 is 1.30 bits per heavy atom. The van der Waals surface area contributed by atoms with Crippen LogP contribution in [0, 0.1) is 5.92 Å². The van der Waals surface area contributed by atoms with Crippen molar-refractivity contribution in [3.05, 3.63) is 28.7 Å². The Bertz CT molecular complexity index is 464. The van der Waals surface area contributed by atoms with Crippen LogP contribution in [0.3, 0.4) is 0 Å². The molecule has 1 heterocycles. The van der Waals surface area contributed by atoms with E-state index in [1.807, 2.05) is 31.3 Å². The molecule has 0 saturated carbocycles. The number of carbonyl (C=O) groups is 1. The molecule has 130 valence electrons. The number of nitrogens with one attached hydrogen (secondary N) is 1. The molecule has 0 bridgehead atoms. The molecule has 0 aliphatic carbocycles. The summed E-state index contributed by atoms with van der Waals surface area (Å²) in [6.07, 6.45) is 4.06. The largest absolute Gasteiger partial charge is 0.492 e. The monoisotopic (exact) mass is 404 g/mol. The van der Waals surface area contributed by atoms with Gasteiger partial charge in [-0.2, -0.15) is 0 Å². The Kier molecular flexibility index (Phi) is 9.60. The molecule has 0 atom stereocenters. The minimum atomic E-state index is 0. The average molecular weight is 406 g/mol. The van der Waals surface area contributed by atoms with Crippen LogP contribution in [0.2, 0.25) is 0 Å². The minimum absolute atomic E-state index is 0. The molecule has 0 aromatic heterocycles. The van der Waals surface area contributed by atoms with E-state index in [9.17, 15) is 4.79 Å². The molecule has 1 aliphatic rings. The third kappa shape index (κ3) is 7.55. The first-order valence-electron chi connectivity index (χ1n) is 7.98. The Hall–Kier alpha value is -0.780. The Morgan fingerprint density at radius 2 is 1.96 bits per heavy atom. The van der Waals surface area contributed by atoms with Gasteiger partial charge in [0.05, 0.1) is 6.54 Å². The standard InChI is InChI=1S/C17H25BrN2O2.ClH/c1-20(12-13-22-16-5-3-15(18)4-6-16)17(21)7-2-14-8-10-19-11-9-14;/h3-6,14,19H,2,7-13H2,1H3;1H. The first-order chi connectivity index (χ1) is 10.6. The molecule has 1 aliphatic heterocycles. The summed E-state index contributed by atoms with van der Waals surface area (Å²) >= 11 is 3.39. The number of carbonyl (C=O) groups excluding carboxylic acids is 1. The molecule has 1 fully saturated rings. The fourth-order valence-electron chi connectivity index (χ4n) is 2.64. The van der Waals surface area contributed by atoms with E-state index in [4.69, 9.17) is 4.74 Å². The molecule has 1 amide bonds. The lowest BCUT2D eigenvalue weighted by Gasteiger charge is -2.23. The summed E-state index contributed by atoms with van der Waals surface area (Å²) in [5.41, 5.74) is 0. The first kappa shape index (κ1) is 20.3. The van der Waals surface area contributed by atoms with Crippen molar-refractivity contribution in [1.82, 2.24) is 10.2 Å². The molecule has 0 unspecified atom stereocenters. The van der Waals surface area contributed by atoms with E-state index in [0.29, 0.717) is 25.5 Å². The number of halogens is 2. The van der Waals surface area contributed by atoms with E-state index in [2.05, 4.69) is 21.2 Å². The molecule has 6 heteroatoms. The molecule has 0 radical (unpaired) electrons. The summed E-state index contributed by atoms with van der Waals surface area (Å²) < 4.78 is 6.69. The van der Waals surface area contributed by atoms with Crippen LogP contribution >= 0.6 is 28.3 Å². The van der Waals surface area contributed by atoms with Crippen LogP contribution in [0.4, 0.5) is 0 Å². The fourth-order valence-corrected chi connectivity index (χ4v) is 2.91. The van der Waals surface area contributed by atoms with Crippen molar-refractivity contribution < 1.29 is 9.53 Å². The number of hydrogen-bond donors (Lipinski definition) is 1. The van der Waals surface area contributed by atoms with E-state index < -0.39 is 0 Å². The minimum Gasteiger partial charge on any atom is -0.492 e.